The minimum atomic E-state index is 0.499. The van der Waals surface area contributed by atoms with Crippen molar-refractivity contribution in [2.45, 2.75) is 45.3 Å². The van der Waals surface area contributed by atoms with Crippen LogP contribution in [0.5, 0.6) is 0 Å². The van der Waals surface area contributed by atoms with E-state index in [0.717, 1.165) is 48.4 Å². The summed E-state index contributed by atoms with van der Waals surface area (Å²) in [5, 5.41) is 7.69. The van der Waals surface area contributed by atoms with Gasteiger partial charge in [0, 0.05) is 43.8 Å². The largest absolute Gasteiger partial charge is 0.358 e. The highest BCUT2D eigenvalue weighted by molar-refractivity contribution is 7.80. The van der Waals surface area contributed by atoms with Crippen LogP contribution in [-0.4, -0.2) is 28.2 Å². The fraction of sp³-hybridized carbons (Fsp3) is 0.346. The van der Waals surface area contributed by atoms with Crippen LogP contribution in [0.15, 0.2) is 54.6 Å². The van der Waals surface area contributed by atoms with Gasteiger partial charge in [-0.3, -0.25) is 0 Å². The number of rotatable bonds is 5. The number of hydrogen-bond donors (Lipinski definition) is 2. The average molecular weight is 493 g/mol. The van der Waals surface area contributed by atoms with Gasteiger partial charge in [0.2, 0.25) is 5.95 Å². The fourth-order valence-corrected chi connectivity index (χ4v) is 4.82. The molecule has 176 valence electrons. The highest BCUT2D eigenvalue weighted by Crippen LogP contribution is 2.30. The molecule has 2 aromatic carbocycles. The van der Waals surface area contributed by atoms with Gasteiger partial charge in [0.25, 0.3) is 0 Å². The lowest BCUT2D eigenvalue weighted by Crippen LogP contribution is -2.30. The molecule has 1 aromatic heterocycles. The second-order valence-electron chi connectivity index (χ2n) is 8.87. The molecule has 1 fully saturated rings. The van der Waals surface area contributed by atoms with Gasteiger partial charge in [-0.2, -0.15) is 9.97 Å². The highest BCUT2D eigenvalue weighted by atomic mass is 35.5. The van der Waals surface area contributed by atoms with Gasteiger partial charge >= 0.3 is 0 Å². The van der Waals surface area contributed by atoms with E-state index in [-0.39, 0.29) is 0 Å². The molecule has 0 aliphatic carbocycles. The number of anilines is 3. The number of hydrogen-bond acceptors (Lipinski definition) is 5. The maximum Gasteiger partial charge on any atom is 0.232 e. The van der Waals surface area contributed by atoms with E-state index in [9.17, 15) is 0 Å². The van der Waals surface area contributed by atoms with Crippen LogP contribution in [-0.2, 0) is 19.6 Å². The van der Waals surface area contributed by atoms with E-state index in [2.05, 4.69) is 50.8 Å². The van der Waals surface area contributed by atoms with Crippen molar-refractivity contribution in [3.63, 3.8) is 0 Å². The first-order valence-electron chi connectivity index (χ1n) is 11.9. The minimum Gasteiger partial charge on any atom is -0.358 e. The summed E-state index contributed by atoms with van der Waals surface area (Å²) in [4.78, 5) is 14.4. The van der Waals surface area contributed by atoms with Gasteiger partial charge in [0.15, 0.2) is 5.11 Å². The Morgan fingerprint density at radius 1 is 0.853 bits per heavy atom. The number of aromatic nitrogens is 2. The van der Waals surface area contributed by atoms with Gasteiger partial charge in [0.1, 0.15) is 11.6 Å². The summed E-state index contributed by atoms with van der Waals surface area (Å²) in [5.41, 5.74) is 3.81. The van der Waals surface area contributed by atoms with Crippen LogP contribution < -0.4 is 20.4 Å². The van der Waals surface area contributed by atoms with Gasteiger partial charge in [-0.15, -0.1) is 0 Å². The number of nitrogens with zero attached hydrogens (tertiary/aromatic N) is 4. The van der Waals surface area contributed by atoms with Crippen LogP contribution in [0.25, 0.3) is 0 Å². The predicted octanol–water partition coefficient (Wildman–Crippen LogP) is 5.52. The first-order valence-corrected chi connectivity index (χ1v) is 12.7. The molecule has 0 spiro atoms. The Balaban J connectivity index is 1.34. The zero-order valence-electron chi connectivity index (χ0n) is 19.1. The van der Waals surface area contributed by atoms with E-state index in [0.29, 0.717) is 17.6 Å². The lowest BCUT2D eigenvalue weighted by molar-refractivity contribution is 0.726. The van der Waals surface area contributed by atoms with E-state index in [1.807, 2.05) is 24.3 Å². The van der Waals surface area contributed by atoms with Crippen LogP contribution in [0.4, 0.5) is 17.6 Å². The lowest BCUT2D eigenvalue weighted by atomic mass is 10.1. The number of thiocarbonyl (C=S) groups is 1. The maximum absolute atomic E-state index is 5.99. The number of nitrogens with one attached hydrogen (secondary N) is 2. The van der Waals surface area contributed by atoms with E-state index >= 15 is 0 Å². The molecular weight excluding hydrogens is 464 g/mol. The summed E-state index contributed by atoms with van der Waals surface area (Å²) in [6.07, 6.45) is 4.94. The van der Waals surface area contributed by atoms with Crippen molar-refractivity contribution in [3.8, 4) is 0 Å². The number of fused-ring (bicyclic) bond motifs is 1. The van der Waals surface area contributed by atoms with Gasteiger partial charge in [-0.25, -0.2) is 0 Å². The van der Waals surface area contributed by atoms with Crippen LogP contribution in [0.1, 0.15) is 42.4 Å². The fourth-order valence-electron chi connectivity index (χ4n) is 4.53. The third-order valence-electron chi connectivity index (χ3n) is 6.39. The summed E-state index contributed by atoms with van der Waals surface area (Å²) in [5.74, 6) is 2.42. The van der Waals surface area contributed by atoms with Crippen LogP contribution in [0.3, 0.4) is 0 Å². The summed E-state index contributed by atoms with van der Waals surface area (Å²) in [6.45, 7) is 4.35. The molecule has 5 rings (SSSR count). The minimum absolute atomic E-state index is 0.499. The SMILES string of the molecule is S=C(NCc1ccc(Cl)cc1)Nc1nc(N2CCCCCC2)cc(N2Cc3ccccc3C2)n1. The van der Waals surface area contributed by atoms with Crippen molar-refractivity contribution in [2.24, 2.45) is 0 Å². The Kier molecular flexibility index (Phi) is 7.11. The molecule has 3 aromatic rings. The Hall–Kier alpha value is -2.90. The monoisotopic (exact) mass is 492 g/mol. The Morgan fingerprint density at radius 3 is 2.12 bits per heavy atom. The van der Waals surface area contributed by atoms with Gasteiger partial charge in [0.05, 0.1) is 0 Å². The summed E-state index contributed by atoms with van der Waals surface area (Å²) in [7, 11) is 0. The average Bonchev–Trinajstić information content (AvgIpc) is 3.10. The van der Waals surface area contributed by atoms with Crippen molar-refractivity contribution in [1.82, 2.24) is 15.3 Å². The molecule has 2 aliphatic heterocycles. The smallest absolute Gasteiger partial charge is 0.232 e. The Labute approximate surface area is 211 Å². The molecule has 1 saturated heterocycles. The zero-order chi connectivity index (χ0) is 23.3. The molecular formula is C26H29ClN6S. The first kappa shape index (κ1) is 22.9. The van der Waals surface area contributed by atoms with E-state index in [1.54, 1.807) is 0 Å². The molecule has 3 heterocycles. The number of halogens is 1. The van der Waals surface area contributed by atoms with E-state index in [4.69, 9.17) is 33.8 Å². The van der Waals surface area contributed by atoms with Crippen molar-refractivity contribution in [2.75, 3.05) is 28.2 Å². The first-order chi connectivity index (χ1) is 16.6. The van der Waals surface area contributed by atoms with Crippen molar-refractivity contribution < 1.29 is 0 Å². The molecule has 2 N–H and O–H groups in total. The second-order valence-corrected chi connectivity index (χ2v) is 9.71. The third-order valence-corrected chi connectivity index (χ3v) is 6.88. The molecule has 0 unspecified atom stereocenters. The van der Waals surface area contributed by atoms with Crippen LogP contribution >= 0.6 is 23.8 Å². The van der Waals surface area contributed by atoms with Gasteiger partial charge in [-0.1, -0.05) is 60.8 Å². The quantitative estimate of drug-likeness (QED) is 0.455. The van der Waals surface area contributed by atoms with Gasteiger partial charge < -0.3 is 20.4 Å². The molecule has 0 bridgehead atoms. The Morgan fingerprint density at radius 2 is 1.47 bits per heavy atom. The molecule has 8 heteroatoms. The predicted molar refractivity (Wildman–Crippen MR) is 144 cm³/mol. The highest BCUT2D eigenvalue weighted by Gasteiger charge is 2.22. The van der Waals surface area contributed by atoms with Crippen molar-refractivity contribution in [3.05, 3.63) is 76.3 Å². The lowest BCUT2D eigenvalue weighted by Gasteiger charge is -2.25. The van der Waals surface area contributed by atoms with Crippen molar-refractivity contribution >= 4 is 46.5 Å². The standard InChI is InChI=1S/C26H29ClN6S/c27-22-11-9-19(10-12-22)16-28-26(34)31-25-29-23(32-13-5-1-2-6-14-32)15-24(30-25)33-17-20-7-3-4-8-21(20)18-33/h3-4,7-12,15H,1-2,5-6,13-14,16-18H2,(H2,28,29,30,31,34). The molecule has 0 radical (unpaired) electrons. The Bertz CT molecular complexity index is 1120. The zero-order valence-corrected chi connectivity index (χ0v) is 20.7. The molecule has 6 nitrogen and oxygen atoms in total. The number of benzene rings is 2. The molecule has 0 amide bonds. The molecule has 34 heavy (non-hydrogen) atoms. The second kappa shape index (κ2) is 10.6. The molecule has 0 atom stereocenters. The third kappa shape index (κ3) is 5.59. The van der Waals surface area contributed by atoms with Crippen LogP contribution in [0, 0.1) is 0 Å². The van der Waals surface area contributed by atoms with Crippen LogP contribution in [0.2, 0.25) is 5.02 Å². The maximum atomic E-state index is 5.99. The summed E-state index contributed by atoms with van der Waals surface area (Å²) in [6, 6.07) is 18.4. The van der Waals surface area contributed by atoms with Gasteiger partial charge in [-0.05, 0) is 53.9 Å². The normalized spacial score (nSPS) is 15.6. The summed E-state index contributed by atoms with van der Waals surface area (Å²) >= 11 is 11.5. The topological polar surface area (TPSA) is 56.3 Å². The van der Waals surface area contributed by atoms with E-state index < -0.39 is 0 Å². The molecule has 0 saturated carbocycles. The van der Waals surface area contributed by atoms with Crippen molar-refractivity contribution in [1.29, 1.82) is 0 Å². The summed E-state index contributed by atoms with van der Waals surface area (Å²) < 4.78 is 0. The van der Waals surface area contributed by atoms with E-state index in [1.165, 1.54) is 36.8 Å². The molecule has 2 aliphatic rings.